The minimum atomic E-state index is 0.161. The number of amides is 1. The molecule has 5 rings (SSSR count). The highest BCUT2D eigenvalue weighted by Crippen LogP contribution is 2.42. The maximum absolute atomic E-state index is 13.5. The highest BCUT2D eigenvalue weighted by atomic mass is 16.5. The van der Waals surface area contributed by atoms with Gasteiger partial charge in [0.1, 0.15) is 5.75 Å². The Bertz CT molecular complexity index is 991. The number of benzene rings is 1. The van der Waals surface area contributed by atoms with Crippen LogP contribution in [0.2, 0.25) is 0 Å². The van der Waals surface area contributed by atoms with E-state index in [0.717, 1.165) is 42.1 Å². The molecule has 0 unspecified atom stereocenters. The molecule has 32 heavy (non-hydrogen) atoms. The number of nitrogens with zero attached hydrogens (tertiary/aromatic N) is 3. The van der Waals surface area contributed by atoms with Crippen LogP contribution in [0, 0.1) is 25.7 Å². The number of rotatable bonds is 4. The first-order chi connectivity index (χ1) is 15.5. The van der Waals surface area contributed by atoms with Gasteiger partial charge in [0.05, 0.1) is 12.7 Å². The van der Waals surface area contributed by atoms with E-state index in [1.807, 2.05) is 26.0 Å². The number of carbonyl (C=O) groups excluding carboxylic acids is 1. The van der Waals surface area contributed by atoms with Crippen molar-refractivity contribution in [1.82, 2.24) is 14.8 Å². The Balaban J connectivity index is 1.41. The van der Waals surface area contributed by atoms with Gasteiger partial charge in [0.25, 0.3) is 5.91 Å². The van der Waals surface area contributed by atoms with Crippen LogP contribution in [-0.2, 0) is 6.42 Å². The van der Waals surface area contributed by atoms with E-state index in [-0.39, 0.29) is 5.91 Å². The summed E-state index contributed by atoms with van der Waals surface area (Å²) in [5, 5.41) is 0. The molecule has 2 bridgehead atoms. The van der Waals surface area contributed by atoms with Crippen molar-refractivity contribution in [3.8, 4) is 5.75 Å². The van der Waals surface area contributed by atoms with E-state index in [2.05, 4.69) is 33.0 Å². The maximum atomic E-state index is 13.5. The number of ether oxygens (including phenoxy) is 1. The van der Waals surface area contributed by atoms with Crippen molar-refractivity contribution in [2.45, 2.75) is 58.0 Å². The van der Waals surface area contributed by atoms with Crippen molar-refractivity contribution in [2.75, 3.05) is 26.7 Å². The Morgan fingerprint density at radius 2 is 2.00 bits per heavy atom. The van der Waals surface area contributed by atoms with Crippen LogP contribution in [0.1, 0.15) is 52.9 Å². The van der Waals surface area contributed by atoms with Crippen LogP contribution in [-0.4, -0.2) is 59.5 Å². The molecule has 5 heteroatoms. The Kier molecular flexibility index (Phi) is 5.93. The molecular formula is C27H35N3O2. The summed E-state index contributed by atoms with van der Waals surface area (Å²) in [6.45, 7) is 6.94. The zero-order valence-corrected chi connectivity index (χ0v) is 19.6. The van der Waals surface area contributed by atoms with Gasteiger partial charge in [0.15, 0.2) is 0 Å². The lowest BCUT2D eigenvalue weighted by atomic mass is 9.71. The van der Waals surface area contributed by atoms with Gasteiger partial charge in [0.2, 0.25) is 0 Å². The maximum Gasteiger partial charge on any atom is 0.255 e. The van der Waals surface area contributed by atoms with Gasteiger partial charge in [-0.3, -0.25) is 14.7 Å². The Morgan fingerprint density at radius 3 is 2.81 bits per heavy atom. The predicted octanol–water partition coefficient (Wildman–Crippen LogP) is 4.26. The van der Waals surface area contributed by atoms with Crippen molar-refractivity contribution in [3.63, 3.8) is 0 Å². The van der Waals surface area contributed by atoms with Crippen LogP contribution in [0.15, 0.2) is 36.5 Å². The van der Waals surface area contributed by atoms with Gasteiger partial charge in [-0.1, -0.05) is 18.6 Å². The summed E-state index contributed by atoms with van der Waals surface area (Å²) in [6, 6.07) is 11.6. The third-order valence-corrected chi connectivity index (χ3v) is 7.97. The molecular weight excluding hydrogens is 398 g/mol. The summed E-state index contributed by atoms with van der Waals surface area (Å²) in [4.78, 5) is 22.9. The van der Waals surface area contributed by atoms with Gasteiger partial charge in [-0.25, -0.2) is 0 Å². The second kappa shape index (κ2) is 8.86. The van der Waals surface area contributed by atoms with Crippen molar-refractivity contribution in [1.29, 1.82) is 0 Å². The second-order valence-corrected chi connectivity index (χ2v) is 10.0. The first-order valence-corrected chi connectivity index (χ1v) is 12.1. The molecule has 0 aliphatic carbocycles. The van der Waals surface area contributed by atoms with Crippen molar-refractivity contribution >= 4 is 5.91 Å². The zero-order chi connectivity index (χ0) is 22.2. The van der Waals surface area contributed by atoms with Gasteiger partial charge in [-0.05, 0) is 87.2 Å². The van der Waals surface area contributed by atoms with E-state index in [1.54, 1.807) is 13.3 Å². The van der Waals surface area contributed by atoms with Crippen molar-refractivity contribution < 1.29 is 9.53 Å². The average molecular weight is 434 g/mol. The van der Waals surface area contributed by atoms with Crippen LogP contribution >= 0.6 is 0 Å². The van der Waals surface area contributed by atoms with Crippen molar-refractivity contribution in [3.05, 3.63) is 58.9 Å². The number of aromatic nitrogens is 1. The van der Waals surface area contributed by atoms with E-state index in [0.29, 0.717) is 23.9 Å². The van der Waals surface area contributed by atoms with E-state index in [1.165, 1.54) is 37.8 Å². The summed E-state index contributed by atoms with van der Waals surface area (Å²) in [5.74, 6) is 2.18. The fourth-order valence-electron chi connectivity index (χ4n) is 6.49. The minimum absolute atomic E-state index is 0.161. The molecule has 0 radical (unpaired) electrons. The third kappa shape index (κ3) is 4.03. The highest BCUT2D eigenvalue weighted by molar-refractivity contribution is 5.95. The Morgan fingerprint density at radius 1 is 1.16 bits per heavy atom. The van der Waals surface area contributed by atoms with Crippen LogP contribution in [0.4, 0.5) is 0 Å². The molecule has 2 aromatic rings. The number of carbonyl (C=O) groups is 1. The molecule has 3 saturated heterocycles. The van der Waals surface area contributed by atoms with Crippen LogP contribution in [0.25, 0.3) is 0 Å². The molecule has 4 heterocycles. The molecule has 0 spiro atoms. The number of piperidine rings is 3. The number of hydrogen-bond acceptors (Lipinski definition) is 4. The predicted molar refractivity (Wildman–Crippen MR) is 126 cm³/mol. The van der Waals surface area contributed by atoms with Gasteiger partial charge < -0.3 is 9.64 Å². The molecule has 3 aliphatic heterocycles. The lowest BCUT2D eigenvalue weighted by molar-refractivity contribution is -0.0642. The molecule has 0 saturated carbocycles. The second-order valence-electron chi connectivity index (χ2n) is 10.0. The summed E-state index contributed by atoms with van der Waals surface area (Å²) in [7, 11) is 1.73. The quantitative estimate of drug-likeness (QED) is 0.723. The number of methoxy groups -OCH3 is 1. The first-order valence-electron chi connectivity index (χ1n) is 12.1. The summed E-state index contributed by atoms with van der Waals surface area (Å²) >= 11 is 0. The molecule has 170 valence electrons. The number of fused-ring (bicyclic) bond motifs is 4. The SMILES string of the molecule is COc1cccc(C[C@H]2[C@H]3C[C@H](CN(C(=O)c4cnc(C)cc4C)C3)[C@@H]3CCCCN32)c1. The molecule has 5 nitrogen and oxygen atoms in total. The summed E-state index contributed by atoms with van der Waals surface area (Å²) < 4.78 is 5.48. The standard InChI is InChI=1S/C27H35N3O2/c1-18-11-19(2)28-15-24(18)27(31)29-16-21-14-22(17-29)26(30-10-5-4-9-25(21)30)13-20-7-6-8-23(12-20)32-3/h6-8,11-12,15,21-22,25-26H,4-5,9-10,13-14,16-17H2,1-3H3/t21-,22+,25+,26+/m1/s1. The van der Waals surface area contributed by atoms with Gasteiger partial charge >= 0.3 is 0 Å². The zero-order valence-electron chi connectivity index (χ0n) is 19.6. The molecule has 4 atom stereocenters. The molecule has 1 aromatic heterocycles. The average Bonchev–Trinajstić information content (AvgIpc) is 2.81. The molecule has 1 aromatic carbocycles. The fourth-order valence-corrected chi connectivity index (χ4v) is 6.49. The van der Waals surface area contributed by atoms with Gasteiger partial charge in [-0.2, -0.15) is 0 Å². The number of likely N-dealkylation sites (tertiary alicyclic amines) is 1. The van der Waals surface area contributed by atoms with Crippen LogP contribution in [0.3, 0.4) is 0 Å². The smallest absolute Gasteiger partial charge is 0.255 e. The van der Waals surface area contributed by atoms with Crippen molar-refractivity contribution in [2.24, 2.45) is 11.8 Å². The van der Waals surface area contributed by atoms with Crippen LogP contribution < -0.4 is 4.74 Å². The van der Waals surface area contributed by atoms with E-state index >= 15 is 0 Å². The largest absolute Gasteiger partial charge is 0.497 e. The highest BCUT2D eigenvalue weighted by Gasteiger charge is 2.47. The van der Waals surface area contributed by atoms with Gasteiger partial charge in [-0.15, -0.1) is 0 Å². The van der Waals surface area contributed by atoms with Gasteiger partial charge in [0, 0.05) is 37.1 Å². The minimum Gasteiger partial charge on any atom is -0.497 e. The number of pyridine rings is 1. The molecule has 1 amide bonds. The van der Waals surface area contributed by atoms with Crippen LogP contribution in [0.5, 0.6) is 5.75 Å². The Hall–Kier alpha value is -2.40. The molecule has 3 aliphatic rings. The third-order valence-electron chi connectivity index (χ3n) is 7.97. The normalized spacial score (nSPS) is 27.7. The topological polar surface area (TPSA) is 45.7 Å². The lowest BCUT2D eigenvalue weighted by Crippen LogP contribution is -2.64. The monoisotopic (exact) mass is 433 g/mol. The fraction of sp³-hybridized carbons (Fsp3) is 0.556. The first kappa shape index (κ1) is 21.4. The molecule has 3 fully saturated rings. The molecule has 0 N–H and O–H groups in total. The number of hydrogen-bond donors (Lipinski definition) is 0. The van der Waals surface area contributed by atoms with E-state index < -0.39 is 0 Å². The summed E-state index contributed by atoms with van der Waals surface area (Å²) in [5.41, 5.74) is 4.09. The number of aryl methyl sites for hydroxylation is 2. The van der Waals surface area contributed by atoms with E-state index in [9.17, 15) is 4.79 Å². The summed E-state index contributed by atoms with van der Waals surface area (Å²) in [6.07, 6.45) is 7.91. The lowest BCUT2D eigenvalue weighted by Gasteiger charge is -2.57. The Labute approximate surface area is 191 Å². The van der Waals surface area contributed by atoms with E-state index in [4.69, 9.17) is 4.74 Å².